The largest absolute Gasteiger partial charge is 0.465 e. The minimum Gasteiger partial charge on any atom is -0.465 e. The molecule has 1 saturated heterocycles. The fourth-order valence-electron chi connectivity index (χ4n) is 3.16. The molecular weight excluding hydrogens is 332 g/mol. The van der Waals surface area contributed by atoms with Gasteiger partial charge in [0.05, 0.1) is 19.0 Å². The van der Waals surface area contributed by atoms with Crippen LogP contribution in [0.5, 0.6) is 0 Å². The molecule has 1 aromatic carbocycles. The van der Waals surface area contributed by atoms with Crippen molar-refractivity contribution in [2.45, 2.75) is 19.4 Å². The van der Waals surface area contributed by atoms with E-state index in [1.165, 1.54) is 7.11 Å². The summed E-state index contributed by atoms with van der Waals surface area (Å²) in [6.45, 7) is 4.99. The normalized spacial score (nSPS) is 15.6. The maximum atomic E-state index is 12.5. The minimum absolute atomic E-state index is 0.105. The van der Waals surface area contributed by atoms with Crippen LogP contribution in [0.25, 0.3) is 0 Å². The zero-order chi connectivity index (χ0) is 18.5. The van der Waals surface area contributed by atoms with Gasteiger partial charge in [0.1, 0.15) is 0 Å². The molecule has 7 nitrogen and oxygen atoms in total. The van der Waals surface area contributed by atoms with Gasteiger partial charge in [-0.3, -0.25) is 4.79 Å². The minimum atomic E-state index is -0.334. The van der Waals surface area contributed by atoms with Crippen LogP contribution >= 0.6 is 0 Å². The summed E-state index contributed by atoms with van der Waals surface area (Å²) in [6.07, 6.45) is 5.83. The van der Waals surface area contributed by atoms with Gasteiger partial charge in [-0.1, -0.05) is 0 Å². The number of piperazine rings is 1. The standard InChI is InChI=1S/C19H24N4O3/c1-15(23-8-7-20-14-23)13-18(24)22-11-9-21(10-12-22)17-5-3-16(4-6-17)19(25)26-2/h3-8,14-15H,9-13H2,1-2H3/t15-/m1/s1. The molecular formula is C19H24N4O3. The number of nitrogens with zero attached hydrogens (tertiary/aromatic N) is 4. The van der Waals surface area contributed by atoms with E-state index in [0.29, 0.717) is 25.1 Å². The third kappa shape index (κ3) is 4.04. The highest BCUT2D eigenvalue weighted by Gasteiger charge is 2.23. The third-order valence-electron chi connectivity index (χ3n) is 4.79. The zero-order valence-electron chi connectivity index (χ0n) is 15.2. The second-order valence-electron chi connectivity index (χ2n) is 6.47. The van der Waals surface area contributed by atoms with Gasteiger partial charge >= 0.3 is 5.97 Å². The lowest BCUT2D eigenvalue weighted by Crippen LogP contribution is -2.49. The van der Waals surface area contributed by atoms with Crippen molar-refractivity contribution in [1.82, 2.24) is 14.5 Å². The number of aromatic nitrogens is 2. The molecule has 0 bridgehead atoms. The van der Waals surface area contributed by atoms with Crippen molar-refractivity contribution in [3.8, 4) is 0 Å². The first kappa shape index (κ1) is 18.0. The molecule has 1 aliphatic rings. The van der Waals surface area contributed by atoms with Crippen molar-refractivity contribution < 1.29 is 14.3 Å². The quantitative estimate of drug-likeness (QED) is 0.766. The second-order valence-corrected chi connectivity index (χ2v) is 6.47. The molecule has 1 atom stereocenters. The van der Waals surface area contributed by atoms with Gasteiger partial charge < -0.3 is 19.1 Å². The molecule has 0 spiro atoms. The van der Waals surface area contributed by atoms with Gasteiger partial charge in [0, 0.05) is 56.7 Å². The highest BCUT2D eigenvalue weighted by atomic mass is 16.5. The lowest BCUT2D eigenvalue weighted by Gasteiger charge is -2.36. The van der Waals surface area contributed by atoms with E-state index in [9.17, 15) is 9.59 Å². The number of anilines is 1. The lowest BCUT2D eigenvalue weighted by atomic mass is 10.1. The van der Waals surface area contributed by atoms with E-state index in [1.807, 2.05) is 34.7 Å². The summed E-state index contributed by atoms with van der Waals surface area (Å²) >= 11 is 0. The van der Waals surface area contributed by atoms with Crippen molar-refractivity contribution >= 4 is 17.6 Å². The van der Waals surface area contributed by atoms with E-state index in [2.05, 4.69) is 9.88 Å². The molecule has 0 unspecified atom stereocenters. The molecule has 0 aliphatic carbocycles. The van der Waals surface area contributed by atoms with Crippen LogP contribution in [-0.2, 0) is 9.53 Å². The Morgan fingerprint density at radius 1 is 1.15 bits per heavy atom. The topological polar surface area (TPSA) is 67.7 Å². The SMILES string of the molecule is COC(=O)c1ccc(N2CCN(C(=O)C[C@@H](C)n3ccnc3)CC2)cc1. The molecule has 1 aromatic heterocycles. The molecule has 1 aliphatic heterocycles. The number of hydrogen-bond acceptors (Lipinski definition) is 5. The molecule has 26 heavy (non-hydrogen) atoms. The molecule has 7 heteroatoms. The summed E-state index contributed by atoms with van der Waals surface area (Å²) in [5.74, 6) is -0.161. The van der Waals surface area contributed by atoms with Crippen molar-refractivity contribution in [2.24, 2.45) is 0 Å². The molecule has 2 aromatic rings. The van der Waals surface area contributed by atoms with E-state index in [-0.39, 0.29) is 17.9 Å². The smallest absolute Gasteiger partial charge is 0.337 e. The number of methoxy groups -OCH3 is 1. The molecule has 2 heterocycles. The first-order valence-corrected chi connectivity index (χ1v) is 8.77. The van der Waals surface area contributed by atoms with E-state index < -0.39 is 0 Å². The van der Waals surface area contributed by atoms with Crippen LogP contribution in [0.15, 0.2) is 43.0 Å². The van der Waals surface area contributed by atoms with Gasteiger partial charge in [-0.05, 0) is 31.2 Å². The predicted molar refractivity (Wildman–Crippen MR) is 98.1 cm³/mol. The molecule has 1 amide bonds. The summed E-state index contributed by atoms with van der Waals surface area (Å²) in [5, 5.41) is 0. The summed E-state index contributed by atoms with van der Waals surface area (Å²) in [7, 11) is 1.38. The molecule has 0 N–H and O–H groups in total. The molecule has 138 valence electrons. The highest BCUT2D eigenvalue weighted by molar-refractivity contribution is 5.89. The Bertz CT molecular complexity index is 735. The van der Waals surface area contributed by atoms with Crippen LogP contribution in [0.2, 0.25) is 0 Å². The van der Waals surface area contributed by atoms with E-state index in [4.69, 9.17) is 4.74 Å². The first-order chi connectivity index (χ1) is 12.6. The van der Waals surface area contributed by atoms with Gasteiger partial charge in [-0.25, -0.2) is 9.78 Å². The van der Waals surface area contributed by atoms with Gasteiger partial charge in [0.15, 0.2) is 0 Å². The average molecular weight is 356 g/mol. The van der Waals surface area contributed by atoms with Gasteiger partial charge in [0.25, 0.3) is 0 Å². The van der Waals surface area contributed by atoms with Crippen molar-refractivity contribution in [3.63, 3.8) is 0 Å². The summed E-state index contributed by atoms with van der Waals surface area (Å²) in [4.78, 5) is 32.2. The fraction of sp³-hybridized carbons (Fsp3) is 0.421. The van der Waals surface area contributed by atoms with Gasteiger partial charge in [-0.2, -0.15) is 0 Å². The zero-order valence-corrected chi connectivity index (χ0v) is 15.2. The number of esters is 1. The Labute approximate surface area is 153 Å². The Hall–Kier alpha value is -2.83. The van der Waals surface area contributed by atoms with Crippen LogP contribution in [0.4, 0.5) is 5.69 Å². The van der Waals surface area contributed by atoms with Crippen LogP contribution < -0.4 is 4.90 Å². The maximum Gasteiger partial charge on any atom is 0.337 e. The monoisotopic (exact) mass is 356 g/mol. The molecule has 3 rings (SSSR count). The summed E-state index contributed by atoms with van der Waals surface area (Å²) in [5.41, 5.74) is 1.59. The highest BCUT2D eigenvalue weighted by Crippen LogP contribution is 2.19. The molecule has 0 saturated carbocycles. The van der Waals surface area contributed by atoms with Crippen LogP contribution in [0, 0.1) is 0 Å². The predicted octanol–water partition coefficient (Wildman–Crippen LogP) is 1.97. The van der Waals surface area contributed by atoms with Gasteiger partial charge in [0.2, 0.25) is 5.91 Å². The summed E-state index contributed by atoms with van der Waals surface area (Å²) in [6, 6.07) is 7.49. The number of carbonyl (C=O) groups excluding carboxylic acids is 2. The van der Waals surface area contributed by atoms with E-state index >= 15 is 0 Å². The lowest BCUT2D eigenvalue weighted by molar-refractivity contribution is -0.132. The second kappa shape index (κ2) is 8.03. The summed E-state index contributed by atoms with van der Waals surface area (Å²) < 4.78 is 6.67. The third-order valence-corrected chi connectivity index (χ3v) is 4.79. The van der Waals surface area contributed by atoms with Crippen LogP contribution in [0.1, 0.15) is 29.7 Å². The number of imidazole rings is 1. The van der Waals surface area contributed by atoms with E-state index in [1.54, 1.807) is 24.7 Å². The number of rotatable bonds is 5. The maximum absolute atomic E-state index is 12.5. The van der Waals surface area contributed by atoms with Crippen LogP contribution in [0.3, 0.4) is 0 Å². The number of ether oxygens (including phenoxy) is 1. The Morgan fingerprint density at radius 2 is 1.85 bits per heavy atom. The average Bonchev–Trinajstić information content (AvgIpc) is 3.22. The van der Waals surface area contributed by atoms with Crippen LogP contribution in [-0.4, -0.2) is 59.6 Å². The number of carbonyl (C=O) groups is 2. The van der Waals surface area contributed by atoms with Crippen molar-refractivity contribution in [1.29, 1.82) is 0 Å². The van der Waals surface area contributed by atoms with Crippen molar-refractivity contribution in [2.75, 3.05) is 38.2 Å². The fourth-order valence-corrected chi connectivity index (χ4v) is 3.16. The molecule has 1 fully saturated rings. The first-order valence-electron chi connectivity index (χ1n) is 8.77. The molecule has 0 radical (unpaired) electrons. The Balaban J connectivity index is 1.52. The van der Waals surface area contributed by atoms with Crippen molar-refractivity contribution in [3.05, 3.63) is 48.5 Å². The Kier molecular flexibility index (Phi) is 5.55. The number of benzene rings is 1. The Morgan fingerprint density at radius 3 is 2.42 bits per heavy atom. The number of amides is 1. The van der Waals surface area contributed by atoms with E-state index in [0.717, 1.165) is 18.8 Å². The van der Waals surface area contributed by atoms with Gasteiger partial charge in [-0.15, -0.1) is 0 Å². The number of hydrogen-bond donors (Lipinski definition) is 0.